The Morgan fingerprint density at radius 3 is 2.35 bits per heavy atom. The predicted octanol–water partition coefficient (Wildman–Crippen LogP) is 3.28. The van der Waals surface area contributed by atoms with E-state index in [1.165, 1.54) is 64.5 Å². The first-order valence-corrected chi connectivity index (χ1v) is 7.72. The van der Waals surface area contributed by atoms with Crippen LogP contribution in [-0.2, 0) is 0 Å². The summed E-state index contributed by atoms with van der Waals surface area (Å²) < 4.78 is 0. The summed E-state index contributed by atoms with van der Waals surface area (Å²) in [5, 5.41) is 3.47. The molecule has 1 aliphatic carbocycles. The van der Waals surface area contributed by atoms with Crippen LogP contribution >= 0.6 is 0 Å². The van der Waals surface area contributed by atoms with Crippen LogP contribution in [0.1, 0.15) is 58.3 Å². The molecule has 1 saturated carbocycles. The van der Waals surface area contributed by atoms with Crippen LogP contribution in [0.5, 0.6) is 0 Å². The maximum absolute atomic E-state index is 3.47. The fourth-order valence-corrected chi connectivity index (χ4v) is 2.74. The Hall–Kier alpha value is -0.0800. The third-order valence-electron chi connectivity index (χ3n) is 3.99. The summed E-state index contributed by atoms with van der Waals surface area (Å²) in [6.45, 7) is 7.03. The Balaban J connectivity index is 1.99. The summed E-state index contributed by atoms with van der Waals surface area (Å²) in [5.41, 5.74) is 0. The molecular weight excluding hydrogens is 208 g/mol. The van der Waals surface area contributed by atoms with Gasteiger partial charge in [0, 0.05) is 13.1 Å². The number of hydrogen-bond acceptors (Lipinski definition) is 2. The molecule has 1 aliphatic rings. The molecule has 1 fully saturated rings. The van der Waals surface area contributed by atoms with Crippen LogP contribution in [0.2, 0.25) is 0 Å². The maximum atomic E-state index is 3.47. The number of likely N-dealkylation sites (N-methyl/N-ethyl adjacent to an activating group) is 1. The Kier molecular flexibility index (Phi) is 8.72. The van der Waals surface area contributed by atoms with E-state index < -0.39 is 0 Å². The fraction of sp³-hybridized carbons (Fsp3) is 1.00. The lowest BCUT2D eigenvalue weighted by molar-refractivity contribution is 0.288. The third-order valence-corrected chi connectivity index (χ3v) is 3.99. The van der Waals surface area contributed by atoms with Gasteiger partial charge >= 0.3 is 0 Å². The van der Waals surface area contributed by atoms with Crippen molar-refractivity contribution in [3.05, 3.63) is 0 Å². The van der Waals surface area contributed by atoms with Crippen molar-refractivity contribution in [2.75, 3.05) is 33.2 Å². The lowest BCUT2D eigenvalue weighted by Gasteiger charge is -2.20. The second kappa shape index (κ2) is 9.90. The zero-order valence-electron chi connectivity index (χ0n) is 12.0. The molecular formula is C15H32N2. The van der Waals surface area contributed by atoms with Crippen LogP contribution < -0.4 is 5.32 Å². The van der Waals surface area contributed by atoms with Gasteiger partial charge in [0.1, 0.15) is 0 Å². The van der Waals surface area contributed by atoms with Gasteiger partial charge in [-0.05, 0) is 38.9 Å². The van der Waals surface area contributed by atoms with E-state index in [-0.39, 0.29) is 0 Å². The molecule has 1 N–H and O–H groups in total. The largest absolute Gasteiger partial charge is 0.315 e. The van der Waals surface area contributed by atoms with Crippen LogP contribution in [-0.4, -0.2) is 38.1 Å². The van der Waals surface area contributed by atoms with Gasteiger partial charge in [0.2, 0.25) is 0 Å². The molecule has 2 heteroatoms. The Morgan fingerprint density at radius 2 is 1.71 bits per heavy atom. The van der Waals surface area contributed by atoms with Crippen LogP contribution in [0.4, 0.5) is 0 Å². The molecule has 0 saturated heterocycles. The van der Waals surface area contributed by atoms with Gasteiger partial charge in [0.15, 0.2) is 0 Å². The SMILES string of the molecule is CCCNCCN(C)CCC1CCCCCC1. The molecule has 1 rings (SSSR count). The molecule has 0 radical (unpaired) electrons. The molecule has 0 unspecified atom stereocenters. The van der Waals surface area contributed by atoms with Gasteiger partial charge in [-0.2, -0.15) is 0 Å². The molecule has 2 nitrogen and oxygen atoms in total. The molecule has 0 aromatic heterocycles. The van der Waals surface area contributed by atoms with Gasteiger partial charge in [-0.1, -0.05) is 45.4 Å². The monoisotopic (exact) mass is 240 g/mol. The average Bonchev–Trinajstić information content (AvgIpc) is 2.60. The summed E-state index contributed by atoms with van der Waals surface area (Å²) in [7, 11) is 2.27. The molecule has 0 aliphatic heterocycles. The zero-order valence-corrected chi connectivity index (χ0v) is 12.0. The standard InChI is InChI=1S/C15H32N2/c1-3-11-16-12-14-17(2)13-10-15-8-6-4-5-7-9-15/h15-16H,3-14H2,1-2H3. The molecule has 0 heterocycles. The van der Waals surface area contributed by atoms with Crippen LogP contribution in [0, 0.1) is 5.92 Å². The average molecular weight is 240 g/mol. The van der Waals surface area contributed by atoms with Crippen molar-refractivity contribution in [1.29, 1.82) is 0 Å². The molecule has 102 valence electrons. The summed E-state index contributed by atoms with van der Waals surface area (Å²) in [6, 6.07) is 0. The topological polar surface area (TPSA) is 15.3 Å². The normalized spacial score (nSPS) is 18.5. The van der Waals surface area contributed by atoms with E-state index in [2.05, 4.69) is 24.2 Å². The number of nitrogens with zero attached hydrogens (tertiary/aromatic N) is 1. The Labute approximate surface area is 108 Å². The molecule has 17 heavy (non-hydrogen) atoms. The second-order valence-corrected chi connectivity index (χ2v) is 5.70. The van der Waals surface area contributed by atoms with Gasteiger partial charge in [-0.3, -0.25) is 0 Å². The van der Waals surface area contributed by atoms with Crippen molar-refractivity contribution in [3.8, 4) is 0 Å². The maximum Gasteiger partial charge on any atom is 0.0104 e. The van der Waals surface area contributed by atoms with Gasteiger partial charge in [-0.15, -0.1) is 0 Å². The number of rotatable bonds is 8. The van der Waals surface area contributed by atoms with E-state index in [1.807, 2.05) is 0 Å². The van der Waals surface area contributed by atoms with Crippen molar-refractivity contribution >= 4 is 0 Å². The van der Waals surface area contributed by atoms with Crippen molar-refractivity contribution < 1.29 is 0 Å². The molecule has 0 spiro atoms. The summed E-state index contributed by atoms with van der Waals surface area (Å²) in [4.78, 5) is 2.49. The van der Waals surface area contributed by atoms with E-state index in [4.69, 9.17) is 0 Å². The summed E-state index contributed by atoms with van der Waals surface area (Å²) in [6.07, 6.45) is 11.6. The lowest BCUT2D eigenvalue weighted by Crippen LogP contribution is -2.31. The molecule has 0 bridgehead atoms. The second-order valence-electron chi connectivity index (χ2n) is 5.70. The fourth-order valence-electron chi connectivity index (χ4n) is 2.74. The van der Waals surface area contributed by atoms with Crippen molar-refractivity contribution in [2.45, 2.75) is 58.3 Å². The first kappa shape index (κ1) is 15.0. The smallest absolute Gasteiger partial charge is 0.0104 e. The predicted molar refractivity (Wildman–Crippen MR) is 76.5 cm³/mol. The quantitative estimate of drug-likeness (QED) is 0.517. The molecule has 0 atom stereocenters. The Bertz CT molecular complexity index is 162. The first-order chi connectivity index (χ1) is 8.33. The highest BCUT2D eigenvalue weighted by Gasteiger charge is 2.12. The minimum atomic E-state index is 1.02. The van der Waals surface area contributed by atoms with Crippen LogP contribution in [0.3, 0.4) is 0 Å². The highest BCUT2D eigenvalue weighted by atomic mass is 15.1. The van der Waals surface area contributed by atoms with Crippen LogP contribution in [0.25, 0.3) is 0 Å². The van der Waals surface area contributed by atoms with E-state index in [0.29, 0.717) is 0 Å². The first-order valence-electron chi connectivity index (χ1n) is 7.72. The molecule has 0 aromatic carbocycles. The lowest BCUT2D eigenvalue weighted by atomic mass is 9.96. The van der Waals surface area contributed by atoms with E-state index in [9.17, 15) is 0 Å². The van der Waals surface area contributed by atoms with Gasteiger partial charge < -0.3 is 10.2 Å². The van der Waals surface area contributed by atoms with Gasteiger partial charge in [0.25, 0.3) is 0 Å². The summed E-state index contributed by atoms with van der Waals surface area (Å²) in [5.74, 6) is 1.02. The molecule has 0 amide bonds. The minimum absolute atomic E-state index is 1.02. The third kappa shape index (κ3) is 7.77. The van der Waals surface area contributed by atoms with Crippen molar-refractivity contribution in [2.24, 2.45) is 5.92 Å². The number of hydrogen-bond donors (Lipinski definition) is 1. The van der Waals surface area contributed by atoms with Gasteiger partial charge in [-0.25, -0.2) is 0 Å². The minimum Gasteiger partial charge on any atom is -0.315 e. The summed E-state index contributed by atoms with van der Waals surface area (Å²) >= 11 is 0. The molecule has 0 aromatic rings. The van der Waals surface area contributed by atoms with E-state index >= 15 is 0 Å². The zero-order chi connectivity index (χ0) is 12.3. The van der Waals surface area contributed by atoms with E-state index in [1.54, 1.807) is 0 Å². The van der Waals surface area contributed by atoms with E-state index in [0.717, 1.165) is 19.0 Å². The van der Waals surface area contributed by atoms with Crippen LogP contribution in [0.15, 0.2) is 0 Å². The van der Waals surface area contributed by atoms with Gasteiger partial charge in [0.05, 0.1) is 0 Å². The van der Waals surface area contributed by atoms with Crippen molar-refractivity contribution in [3.63, 3.8) is 0 Å². The highest BCUT2D eigenvalue weighted by Crippen LogP contribution is 2.25. The number of nitrogens with one attached hydrogen (secondary N) is 1. The Morgan fingerprint density at radius 1 is 1.00 bits per heavy atom. The van der Waals surface area contributed by atoms with Crippen molar-refractivity contribution in [1.82, 2.24) is 10.2 Å². The highest BCUT2D eigenvalue weighted by molar-refractivity contribution is 4.66.